The summed E-state index contributed by atoms with van der Waals surface area (Å²) in [5.74, 6) is 0.359. The van der Waals surface area contributed by atoms with Crippen molar-refractivity contribution >= 4 is 11.6 Å². The quantitative estimate of drug-likeness (QED) is 0.912. The maximum Gasteiger partial charge on any atom is 0.124 e. The summed E-state index contributed by atoms with van der Waals surface area (Å²) < 4.78 is 19.1. The Kier molecular flexibility index (Phi) is 4.93. The minimum Gasteiger partial charge on any atom is -0.489 e. The van der Waals surface area contributed by atoms with E-state index in [0.29, 0.717) is 17.4 Å². The number of nitrogens with zero attached hydrogens (tertiary/aromatic N) is 1. The Morgan fingerprint density at radius 2 is 2.20 bits per heavy atom. The number of benzene rings is 1. The van der Waals surface area contributed by atoms with Gasteiger partial charge in [-0.2, -0.15) is 0 Å². The van der Waals surface area contributed by atoms with E-state index in [1.54, 1.807) is 24.5 Å². The summed E-state index contributed by atoms with van der Waals surface area (Å²) in [6.07, 6.45) is 3.23. The standard InChI is InChI=1S/C15H16ClFN2O/c1-10(18-2)13-7-12(17)3-4-15(13)20-9-11-5-6-19-8-14(11)16/h3-8,10,18H,9H2,1-2H3. The molecule has 106 valence electrons. The number of hydrogen-bond donors (Lipinski definition) is 1. The number of ether oxygens (including phenoxy) is 1. The molecular formula is C15H16ClFN2O. The Hall–Kier alpha value is -1.65. The molecule has 1 aromatic carbocycles. The fourth-order valence-electron chi connectivity index (χ4n) is 1.82. The number of hydrogen-bond acceptors (Lipinski definition) is 3. The summed E-state index contributed by atoms with van der Waals surface area (Å²) in [6, 6.07) is 6.29. The molecule has 0 bridgehead atoms. The Morgan fingerprint density at radius 1 is 1.40 bits per heavy atom. The Morgan fingerprint density at radius 3 is 2.90 bits per heavy atom. The molecule has 2 aromatic rings. The topological polar surface area (TPSA) is 34.1 Å². The van der Waals surface area contributed by atoms with Crippen molar-refractivity contribution in [3.8, 4) is 5.75 Å². The van der Waals surface area contributed by atoms with Crippen LogP contribution in [-0.2, 0) is 6.61 Å². The monoisotopic (exact) mass is 294 g/mol. The summed E-state index contributed by atoms with van der Waals surface area (Å²) in [6.45, 7) is 2.26. The van der Waals surface area contributed by atoms with Crippen LogP contribution in [0.4, 0.5) is 4.39 Å². The normalized spacial score (nSPS) is 12.2. The third kappa shape index (κ3) is 3.46. The number of aromatic nitrogens is 1. The maximum atomic E-state index is 13.4. The first-order valence-electron chi connectivity index (χ1n) is 6.29. The smallest absolute Gasteiger partial charge is 0.124 e. The average molecular weight is 295 g/mol. The lowest BCUT2D eigenvalue weighted by Crippen LogP contribution is -2.14. The molecule has 0 aliphatic carbocycles. The van der Waals surface area contributed by atoms with Gasteiger partial charge in [0.15, 0.2) is 0 Å². The van der Waals surface area contributed by atoms with Crippen molar-refractivity contribution in [3.63, 3.8) is 0 Å². The highest BCUT2D eigenvalue weighted by molar-refractivity contribution is 6.31. The lowest BCUT2D eigenvalue weighted by molar-refractivity contribution is 0.299. The van der Waals surface area contributed by atoms with Crippen molar-refractivity contribution in [1.82, 2.24) is 10.3 Å². The highest BCUT2D eigenvalue weighted by atomic mass is 35.5. The van der Waals surface area contributed by atoms with Crippen LogP contribution >= 0.6 is 11.6 Å². The van der Waals surface area contributed by atoms with E-state index in [2.05, 4.69) is 10.3 Å². The number of nitrogens with one attached hydrogen (secondary N) is 1. The zero-order chi connectivity index (χ0) is 14.5. The summed E-state index contributed by atoms with van der Waals surface area (Å²) in [4.78, 5) is 3.92. The molecule has 0 fully saturated rings. The molecule has 1 heterocycles. The summed E-state index contributed by atoms with van der Waals surface area (Å²) in [5.41, 5.74) is 1.62. The highest BCUT2D eigenvalue weighted by Crippen LogP contribution is 2.27. The van der Waals surface area contributed by atoms with Crippen LogP contribution in [0.2, 0.25) is 5.02 Å². The minimum absolute atomic E-state index is 0.00591. The van der Waals surface area contributed by atoms with Gasteiger partial charge < -0.3 is 10.1 Å². The van der Waals surface area contributed by atoms with Crippen LogP contribution in [0, 0.1) is 5.82 Å². The van der Waals surface area contributed by atoms with E-state index in [0.717, 1.165) is 11.1 Å². The molecule has 0 aliphatic heterocycles. The molecule has 0 radical (unpaired) electrons. The van der Waals surface area contributed by atoms with Crippen LogP contribution in [0.3, 0.4) is 0 Å². The van der Waals surface area contributed by atoms with E-state index >= 15 is 0 Å². The molecule has 20 heavy (non-hydrogen) atoms. The van der Waals surface area contributed by atoms with Crippen LogP contribution in [0.25, 0.3) is 0 Å². The molecule has 0 aliphatic rings. The van der Waals surface area contributed by atoms with Crippen LogP contribution in [0.15, 0.2) is 36.7 Å². The maximum absolute atomic E-state index is 13.4. The van der Waals surface area contributed by atoms with Gasteiger partial charge in [-0.15, -0.1) is 0 Å². The third-order valence-corrected chi connectivity index (χ3v) is 3.45. The van der Waals surface area contributed by atoms with Gasteiger partial charge in [0.2, 0.25) is 0 Å². The molecule has 3 nitrogen and oxygen atoms in total. The first-order chi connectivity index (χ1) is 9.61. The lowest BCUT2D eigenvalue weighted by Gasteiger charge is -2.17. The lowest BCUT2D eigenvalue weighted by atomic mass is 10.1. The van der Waals surface area contributed by atoms with E-state index in [1.807, 2.05) is 14.0 Å². The predicted molar refractivity (Wildman–Crippen MR) is 77.5 cm³/mol. The van der Waals surface area contributed by atoms with Crippen molar-refractivity contribution < 1.29 is 9.13 Å². The van der Waals surface area contributed by atoms with Crippen LogP contribution in [0.1, 0.15) is 24.1 Å². The molecule has 5 heteroatoms. The van der Waals surface area contributed by atoms with Gasteiger partial charge in [0, 0.05) is 29.6 Å². The van der Waals surface area contributed by atoms with Crippen molar-refractivity contribution in [1.29, 1.82) is 0 Å². The molecule has 0 spiro atoms. The van der Waals surface area contributed by atoms with E-state index in [-0.39, 0.29) is 11.9 Å². The van der Waals surface area contributed by atoms with Gasteiger partial charge in [-0.05, 0) is 38.2 Å². The van der Waals surface area contributed by atoms with Crippen LogP contribution in [0.5, 0.6) is 5.75 Å². The number of pyridine rings is 1. The first-order valence-corrected chi connectivity index (χ1v) is 6.67. The molecule has 1 aromatic heterocycles. The van der Waals surface area contributed by atoms with Gasteiger partial charge in [0.1, 0.15) is 18.2 Å². The second kappa shape index (κ2) is 6.68. The van der Waals surface area contributed by atoms with Gasteiger partial charge >= 0.3 is 0 Å². The number of rotatable bonds is 5. The summed E-state index contributed by atoms with van der Waals surface area (Å²) >= 11 is 6.03. The second-order valence-electron chi connectivity index (χ2n) is 4.45. The Bertz CT molecular complexity index is 592. The summed E-state index contributed by atoms with van der Waals surface area (Å²) in [5, 5.41) is 3.63. The van der Waals surface area contributed by atoms with Gasteiger partial charge in [-0.25, -0.2) is 4.39 Å². The third-order valence-electron chi connectivity index (χ3n) is 3.11. The van der Waals surface area contributed by atoms with Crippen molar-refractivity contribution in [3.05, 3.63) is 58.6 Å². The van der Waals surface area contributed by atoms with Crippen LogP contribution < -0.4 is 10.1 Å². The number of halogens is 2. The predicted octanol–water partition coefficient (Wildman–Crippen LogP) is 3.73. The van der Waals surface area contributed by atoms with Gasteiger partial charge in [0.05, 0.1) is 5.02 Å². The first kappa shape index (κ1) is 14.8. The van der Waals surface area contributed by atoms with E-state index < -0.39 is 0 Å². The van der Waals surface area contributed by atoms with E-state index in [9.17, 15) is 4.39 Å². The van der Waals surface area contributed by atoms with Gasteiger partial charge in [-0.1, -0.05) is 11.6 Å². The van der Waals surface area contributed by atoms with Crippen molar-refractivity contribution in [2.24, 2.45) is 0 Å². The minimum atomic E-state index is -0.281. The summed E-state index contributed by atoms with van der Waals surface area (Å²) in [7, 11) is 1.82. The fourth-order valence-corrected chi connectivity index (χ4v) is 2.00. The SMILES string of the molecule is CNC(C)c1cc(F)ccc1OCc1ccncc1Cl. The highest BCUT2D eigenvalue weighted by Gasteiger charge is 2.12. The van der Waals surface area contributed by atoms with Crippen molar-refractivity contribution in [2.45, 2.75) is 19.6 Å². The largest absolute Gasteiger partial charge is 0.489 e. The zero-order valence-electron chi connectivity index (χ0n) is 11.4. The molecule has 1 atom stereocenters. The fraction of sp³-hybridized carbons (Fsp3) is 0.267. The molecule has 1 unspecified atom stereocenters. The molecular weight excluding hydrogens is 279 g/mol. The molecule has 0 saturated heterocycles. The van der Waals surface area contributed by atoms with Gasteiger partial charge in [0.25, 0.3) is 0 Å². The molecule has 2 rings (SSSR count). The molecule has 1 N–H and O–H groups in total. The molecule has 0 saturated carbocycles. The zero-order valence-corrected chi connectivity index (χ0v) is 12.1. The Balaban J connectivity index is 2.19. The Labute approximate surface area is 122 Å². The second-order valence-corrected chi connectivity index (χ2v) is 4.86. The molecule has 0 amide bonds. The average Bonchev–Trinajstić information content (AvgIpc) is 2.46. The van der Waals surface area contributed by atoms with Crippen molar-refractivity contribution in [2.75, 3.05) is 7.05 Å². The van der Waals surface area contributed by atoms with E-state index in [4.69, 9.17) is 16.3 Å². The van der Waals surface area contributed by atoms with E-state index in [1.165, 1.54) is 12.1 Å². The van der Waals surface area contributed by atoms with Gasteiger partial charge in [-0.3, -0.25) is 4.98 Å². The van der Waals surface area contributed by atoms with Crippen LogP contribution in [-0.4, -0.2) is 12.0 Å².